The lowest BCUT2D eigenvalue weighted by molar-refractivity contribution is -0.122. The molecule has 10 heteroatoms. The number of fused-ring (bicyclic) bond motifs is 1. The number of benzene rings is 2. The van der Waals surface area contributed by atoms with Crippen molar-refractivity contribution >= 4 is 50.8 Å². The summed E-state index contributed by atoms with van der Waals surface area (Å²) in [5.41, 5.74) is 0.810. The molecule has 2 N–H and O–H groups in total. The first kappa shape index (κ1) is 20.3. The first-order chi connectivity index (χ1) is 14.4. The van der Waals surface area contributed by atoms with E-state index in [9.17, 15) is 19.5 Å². The van der Waals surface area contributed by atoms with Gasteiger partial charge in [0.1, 0.15) is 5.75 Å². The Hall–Kier alpha value is -2.98. The molecule has 2 aromatic rings. The predicted octanol–water partition coefficient (Wildman–Crippen LogP) is 3.35. The van der Waals surface area contributed by atoms with Gasteiger partial charge in [0, 0.05) is 17.6 Å². The molecule has 0 radical (unpaired) electrons. The summed E-state index contributed by atoms with van der Waals surface area (Å²) >= 11 is 4.08. The molecule has 30 heavy (non-hydrogen) atoms. The van der Waals surface area contributed by atoms with Crippen LogP contribution in [0.3, 0.4) is 0 Å². The number of amides is 3. The minimum absolute atomic E-state index is 0.0175. The standard InChI is InChI=1S/C20H15BrN2O6S/c21-12-2-3-14(24)13(9-12)18(25)22-5-6-23-19(26)17(30-20(23)27)8-11-1-4-15-16(7-11)29-10-28-15/h1-4,7-9,24H,5-6,10H2,(H,22,25)/b17-8-. The number of hydrogen-bond donors (Lipinski definition) is 2. The van der Waals surface area contributed by atoms with Gasteiger partial charge in [0.15, 0.2) is 11.5 Å². The van der Waals surface area contributed by atoms with E-state index in [1.807, 2.05) is 0 Å². The summed E-state index contributed by atoms with van der Waals surface area (Å²) in [6.07, 6.45) is 1.62. The Morgan fingerprint density at radius 3 is 2.83 bits per heavy atom. The van der Waals surface area contributed by atoms with Crippen LogP contribution in [0.5, 0.6) is 17.2 Å². The second-order valence-electron chi connectivity index (χ2n) is 6.36. The Kier molecular flexibility index (Phi) is 5.69. The number of nitrogens with one attached hydrogen (secondary N) is 1. The highest BCUT2D eigenvalue weighted by Gasteiger charge is 2.34. The van der Waals surface area contributed by atoms with E-state index in [1.54, 1.807) is 30.3 Å². The van der Waals surface area contributed by atoms with Gasteiger partial charge in [-0.1, -0.05) is 22.0 Å². The summed E-state index contributed by atoms with van der Waals surface area (Å²) in [7, 11) is 0. The molecule has 4 rings (SSSR count). The molecule has 154 valence electrons. The summed E-state index contributed by atoms with van der Waals surface area (Å²) < 4.78 is 11.2. The maximum atomic E-state index is 12.6. The van der Waals surface area contributed by atoms with Crippen molar-refractivity contribution in [2.45, 2.75) is 0 Å². The lowest BCUT2D eigenvalue weighted by atomic mass is 10.2. The van der Waals surface area contributed by atoms with Crippen LogP contribution in [0.25, 0.3) is 6.08 Å². The SMILES string of the molecule is O=C(NCCN1C(=O)S/C(=C\c2ccc3c(c2)OCO3)C1=O)c1cc(Br)ccc1O. The summed E-state index contributed by atoms with van der Waals surface area (Å²) in [6.45, 7) is 0.225. The van der Waals surface area contributed by atoms with E-state index in [0.29, 0.717) is 21.5 Å². The molecule has 8 nitrogen and oxygen atoms in total. The van der Waals surface area contributed by atoms with Gasteiger partial charge < -0.3 is 19.9 Å². The number of imide groups is 1. The van der Waals surface area contributed by atoms with E-state index in [1.165, 1.54) is 12.1 Å². The van der Waals surface area contributed by atoms with Crippen LogP contribution in [0.4, 0.5) is 4.79 Å². The first-order valence-corrected chi connectivity index (χ1v) is 10.4. The van der Waals surface area contributed by atoms with Crippen molar-refractivity contribution < 1.29 is 29.0 Å². The van der Waals surface area contributed by atoms with E-state index in [0.717, 1.165) is 16.7 Å². The van der Waals surface area contributed by atoms with Crippen LogP contribution < -0.4 is 14.8 Å². The number of carbonyl (C=O) groups is 3. The Bertz CT molecular complexity index is 1090. The molecular weight excluding hydrogens is 476 g/mol. The average Bonchev–Trinajstić information content (AvgIpc) is 3.29. The molecule has 0 atom stereocenters. The topological polar surface area (TPSA) is 105 Å². The van der Waals surface area contributed by atoms with Gasteiger partial charge >= 0.3 is 0 Å². The molecule has 0 spiro atoms. The molecule has 1 fully saturated rings. The van der Waals surface area contributed by atoms with Crippen molar-refractivity contribution in [1.82, 2.24) is 10.2 Å². The summed E-state index contributed by atoms with van der Waals surface area (Å²) in [6, 6.07) is 9.74. The van der Waals surface area contributed by atoms with E-state index in [-0.39, 0.29) is 36.1 Å². The van der Waals surface area contributed by atoms with Gasteiger partial charge in [0.25, 0.3) is 17.1 Å². The maximum absolute atomic E-state index is 12.6. The van der Waals surface area contributed by atoms with Crippen LogP contribution >= 0.6 is 27.7 Å². The van der Waals surface area contributed by atoms with Gasteiger partial charge in [-0.05, 0) is 53.7 Å². The third-order valence-electron chi connectivity index (χ3n) is 4.39. The number of hydrogen-bond acceptors (Lipinski definition) is 7. The summed E-state index contributed by atoms with van der Waals surface area (Å²) in [5, 5.41) is 12.0. The predicted molar refractivity (Wildman–Crippen MR) is 113 cm³/mol. The number of phenols is 1. The van der Waals surface area contributed by atoms with Crippen LogP contribution in [0, 0.1) is 0 Å². The van der Waals surface area contributed by atoms with Crippen LogP contribution in [-0.2, 0) is 4.79 Å². The zero-order valence-corrected chi connectivity index (χ0v) is 17.8. The van der Waals surface area contributed by atoms with Gasteiger partial charge in [0.2, 0.25) is 6.79 Å². The molecule has 0 bridgehead atoms. The van der Waals surface area contributed by atoms with Crippen molar-refractivity contribution in [2.24, 2.45) is 0 Å². The summed E-state index contributed by atoms with van der Waals surface area (Å²) in [5.74, 6) is 0.126. The number of carbonyl (C=O) groups excluding carboxylic acids is 3. The Morgan fingerprint density at radius 2 is 2.00 bits per heavy atom. The summed E-state index contributed by atoms with van der Waals surface area (Å²) in [4.78, 5) is 38.4. The molecule has 3 amide bonds. The van der Waals surface area contributed by atoms with Gasteiger partial charge in [-0.25, -0.2) is 0 Å². The zero-order chi connectivity index (χ0) is 21.3. The van der Waals surface area contributed by atoms with E-state index in [4.69, 9.17) is 9.47 Å². The van der Waals surface area contributed by atoms with Crippen molar-refractivity contribution in [3.05, 3.63) is 56.9 Å². The minimum Gasteiger partial charge on any atom is -0.507 e. The molecule has 0 unspecified atom stereocenters. The smallest absolute Gasteiger partial charge is 0.293 e. The number of nitrogens with zero attached hydrogens (tertiary/aromatic N) is 1. The van der Waals surface area contributed by atoms with Crippen LogP contribution in [-0.4, -0.2) is 46.9 Å². The molecule has 2 heterocycles. The van der Waals surface area contributed by atoms with Crippen LogP contribution in [0.1, 0.15) is 15.9 Å². The highest BCUT2D eigenvalue weighted by atomic mass is 79.9. The lowest BCUT2D eigenvalue weighted by Crippen LogP contribution is -2.37. The highest BCUT2D eigenvalue weighted by Crippen LogP contribution is 2.36. The zero-order valence-electron chi connectivity index (χ0n) is 15.4. The van der Waals surface area contributed by atoms with E-state index >= 15 is 0 Å². The van der Waals surface area contributed by atoms with Crippen molar-refractivity contribution in [3.8, 4) is 17.2 Å². The van der Waals surface area contributed by atoms with Crippen molar-refractivity contribution in [3.63, 3.8) is 0 Å². The fourth-order valence-electron chi connectivity index (χ4n) is 2.91. The second kappa shape index (κ2) is 8.41. The van der Waals surface area contributed by atoms with E-state index in [2.05, 4.69) is 21.2 Å². The normalized spacial score (nSPS) is 16.4. The molecule has 2 aliphatic heterocycles. The van der Waals surface area contributed by atoms with Gasteiger partial charge in [-0.15, -0.1) is 0 Å². The monoisotopic (exact) mass is 490 g/mol. The number of phenolic OH excluding ortho intramolecular Hbond substituents is 1. The number of rotatable bonds is 5. The molecular formula is C20H15BrN2O6S. The Balaban J connectivity index is 1.38. The molecule has 0 saturated carbocycles. The fourth-order valence-corrected chi connectivity index (χ4v) is 4.14. The maximum Gasteiger partial charge on any atom is 0.293 e. The number of aromatic hydroxyl groups is 1. The quantitative estimate of drug-likeness (QED) is 0.619. The number of ether oxygens (including phenoxy) is 2. The lowest BCUT2D eigenvalue weighted by Gasteiger charge is -2.13. The molecule has 0 aliphatic carbocycles. The van der Waals surface area contributed by atoms with Crippen molar-refractivity contribution in [2.75, 3.05) is 19.9 Å². The number of halogens is 1. The third kappa shape index (κ3) is 4.14. The van der Waals surface area contributed by atoms with Crippen molar-refractivity contribution in [1.29, 1.82) is 0 Å². The first-order valence-electron chi connectivity index (χ1n) is 8.84. The average molecular weight is 491 g/mol. The number of thioether (sulfide) groups is 1. The van der Waals surface area contributed by atoms with Gasteiger partial charge in [-0.3, -0.25) is 19.3 Å². The fraction of sp³-hybridized carbons (Fsp3) is 0.150. The minimum atomic E-state index is -0.503. The Morgan fingerprint density at radius 1 is 1.20 bits per heavy atom. The molecule has 2 aromatic carbocycles. The van der Waals surface area contributed by atoms with Gasteiger partial charge in [0.05, 0.1) is 10.5 Å². The van der Waals surface area contributed by atoms with Gasteiger partial charge in [-0.2, -0.15) is 0 Å². The van der Waals surface area contributed by atoms with E-state index < -0.39 is 17.1 Å². The largest absolute Gasteiger partial charge is 0.507 e. The Labute approximate surface area is 184 Å². The van der Waals surface area contributed by atoms with Crippen LogP contribution in [0.2, 0.25) is 0 Å². The highest BCUT2D eigenvalue weighted by molar-refractivity contribution is 9.10. The molecule has 0 aromatic heterocycles. The second-order valence-corrected chi connectivity index (χ2v) is 8.27. The third-order valence-corrected chi connectivity index (χ3v) is 5.79. The molecule has 1 saturated heterocycles. The molecule has 2 aliphatic rings. The van der Waals surface area contributed by atoms with Crippen LogP contribution in [0.15, 0.2) is 45.8 Å².